The molecular formula is C12H20BrN5O. The van der Waals surface area contributed by atoms with Crippen molar-refractivity contribution in [3.63, 3.8) is 0 Å². The van der Waals surface area contributed by atoms with Gasteiger partial charge >= 0.3 is 0 Å². The third-order valence-electron chi connectivity index (χ3n) is 3.54. The summed E-state index contributed by atoms with van der Waals surface area (Å²) >= 11 is 3.49. The summed E-state index contributed by atoms with van der Waals surface area (Å²) in [6.45, 7) is 0.683. The quantitative estimate of drug-likeness (QED) is 0.562. The lowest BCUT2D eigenvalue weighted by atomic mass is 9.94. The van der Waals surface area contributed by atoms with E-state index in [2.05, 4.69) is 36.2 Å². The maximum Gasteiger partial charge on any atom is 0.159 e. The Balaban J connectivity index is 2.27. The van der Waals surface area contributed by atoms with Crippen molar-refractivity contribution in [1.82, 2.24) is 9.97 Å². The Morgan fingerprint density at radius 3 is 2.74 bits per heavy atom. The Morgan fingerprint density at radius 2 is 2.11 bits per heavy atom. The first-order valence-corrected chi connectivity index (χ1v) is 7.42. The van der Waals surface area contributed by atoms with Gasteiger partial charge in [-0.1, -0.05) is 19.3 Å². The predicted molar refractivity (Wildman–Crippen MR) is 78.8 cm³/mol. The Kier molecular flexibility index (Phi) is 5.35. The van der Waals surface area contributed by atoms with Crippen LogP contribution < -0.4 is 16.2 Å². The van der Waals surface area contributed by atoms with E-state index in [1.807, 2.05) is 0 Å². The molecule has 4 N–H and O–H groups in total. The van der Waals surface area contributed by atoms with Gasteiger partial charge in [0.25, 0.3) is 0 Å². The van der Waals surface area contributed by atoms with Crippen LogP contribution in [0.4, 0.5) is 11.6 Å². The number of aliphatic hydroxyl groups is 1. The van der Waals surface area contributed by atoms with Crippen molar-refractivity contribution in [2.75, 3.05) is 23.5 Å². The number of aliphatic hydroxyl groups excluding tert-OH is 1. The van der Waals surface area contributed by atoms with Gasteiger partial charge in [-0.2, -0.15) is 0 Å². The lowest BCUT2D eigenvalue weighted by Crippen LogP contribution is -2.39. The van der Waals surface area contributed by atoms with Crippen molar-refractivity contribution in [2.45, 2.75) is 38.1 Å². The second-order valence-corrected chi connectivity index (χ2v) is 5.51. The molecule has 0 saturated heterocycles. The zero-order chi connectivity index (χ0) is 13.7. The average Bonchev–Trinajstić information content (AvgIpc) is 2.46. The van der Waals surface area contributed by atoms with Crippen LogP contribution in [-0.4, -0.2) is 34.3 Å². The van der Waals surface area contributed by atoms with Crippen molar-refractivity contribution in [3.8, 4) is 0 Å². The number of nitrogens with one attached hydrogen (secondary N) is 1. The molecule has 2 rings (SSSR count). The lowest BCUT2D eigenvalue weighted by molar-refractivity contribution is 0.289. The van der Waals surface area contributed by atoms with Gasteiger partial charge in [-0.3, -0.25) is 0 Å². The fourth-order valence-electron chi connectivity index (χ4n) is 2.62. The number of aromatic nitrogens is 2. The number of anilines is 2. The van der Waals surface area contributed by atoms with Crippen LogP contribution in [0.15, 0.2) is 10.8 Å². The molecule has 0 aliphatic heterocycles. The van der Waals surface area contributed by atoms with Crippen molar-refractivity contribution in [3.05, 3.63) is 10.8 Å². The average molecular weight is 330 g/mol. The molecule has 106 valence electrons. The molecule has 0 amide bonds. The number of rotatable bonds is 5. The number of hydrazine groups is 1. The molecule has 0 spiro atoms. The van der Waals surface area contributed by atoms with Crippen LogP contribution in [-0.2, 0) is 0 Å². The fraction of sp³-hybridized carbons (Fsp3) is 0.667. The van der Waals surface area contributed by atoms with Crippen LogP contribution in [0.1, 0.15) is 32.1 Å². The molecule has 0 radical (unpaired) electrons. The van der Waals surface area contributed by atoms with E-state index in [-0.39, 0.29) is 6.61 Å². The van der Waals surface area contributed by atoms with E-state index in [0.29, 0.717) is 18.4 Å². The highest BCUT2D eigenvalue weighted by Crippen LogP contribution is 2.33. The summed E-state index contributed by atoms with van der Waals surface area (Å²) < 4.78 is 0.747. The minimum atomic E-state index is 0.109. The van der Waals surface area contributed by atoms with E-state index >= 15 is 0 Å². The van der Waals surface area contributed by atoms with Crippen LogP contribution in [0.5, 0.6) is 0 Å². The first kappa shape index (κ1) is 14.5. The third-order valence-corrected chi connectivity index (χ3v) is 4.27. The Bertz CT molecular complexity index is 411. The molecule has 19 heavy (non-hydrogen) atoms. The van der Waals surface area contributed by atoms with E-state index in [1.165, 1.54) is 25.6 Å². The summed E-state index contributed by atoms with van der Waals surface area (Å²) in [5.41, 5.74) is 2.55. The zero-order valence-electron chi connectivity index (χ0n) is 10.8. The number of nitrogen functional groups attached to an aromatic ring is 1. The normalized spacial score (nSPS) is 16.4. The molecule has 6 nitrogen and oxygen atoms in total. The molecule has 1 aliphatic carbocycles. The highest BCUT2D eigenvalue weighted by molar-refractivity contribution is 9.10. The number of hydrogen-bond donors (Lipinski definition) is 3. The fourth-order valence-corrected chi connectivity index (χ4v) is 3.17. The topological polar surface area (TPSA) is 87.3 Å². The van der Waals surface area contributed by atoms with Gasteiger partial charge in [-0.25, -0.2) is 15.8 Å². The monoisotopic (exact) mass is 329 g/mol. The molecule has 0 aromatic carbocycles. The van der Waals surface area contributed by atoms with Crippen molar-refractivity contribution >= 4 is 27.6 Å². The van der Waals surface area contributed by atoms with Gasteiger partial charge in [0.15, 0.2) is 5.82 Å². The molecule has 7 heteroatoms. The second kappa shape index (κ2) is 7.02. The lowest BCUT2D eigenvalue weighted by Gasteiger charge is -2.35. The van der Waals surface area contributed by atoms with Crippen LogP contribution in [0.2, 0.25) is 0 Å². The minimum absolute atomic E-state index is 0.109. The van der Waals surface area contributed by atoms with Gasteiger partial charge in [-0.05, 0) is 28.8 Å². The first-order chi connectivity index (χ1) is 9.27. The van der Waals surface area contributed by atoms with Crippen molar-refractivity contribution in [2.24, 2.45) is 5.84 Å². The van der Waals surface area contributed by atoms with Gasteiger partial charge in [0.1, 0.15) is 16.6 Å². The Hall–Kier alpha value is -0.920. The molecule has 1 fully saturated rings. The number of nitrogens with zero attached hydrogens (tertiary/aromatic N) is 3. The minimum Gasteiger partial charge on any atom is -0.395 e. The van der Waals surface area contributed by atoms with E-state index < -0.39 is 0 Å². The van der Waals surface area contributed by atoms with Crippen LogP contribution >= 0.6 is 15.9 Å². The van der Waals surface area contributed by atoms with E-state index in [9.17, 15) is 5.11 Å². The molecule has 0 unspecified atom stereocenters. The number of nitrogens with two attached hydrogens (primary N) is 1. The molecular weight excluding hydrogens is 310 g/mol. The standard InChI is InChI=1S/C12H20BrN5O/c13-10-11(17-14)15-8-16-12(10)18(6-7-19)9-4-2-1-3-5-9/h8-9,19H,1-7,14H2,(H,15,16,17). The van der Waals surface area contributed by atoms with Gasteiger partial charge in [-0.15, -0.1) is 0 Å². The number of hydrogen-bond acceptors (Lipinski definition) is 6. The summed E-state index contributed by atoms with van der Waals surface area (Å²) in [5.74, 6) is 6.79. The van der Waals surface area contributed by atoms with E-state index in [1.54, 1.807) is 0 Å². The maximum absolute atomic E-state index is 9.31. The van der Waals surface area contributed by atoms with E-state index in [4.69, 9.17) is 5.84 Å². The van der Waals surface area contributed by atoms with Gasteiger partial charge < -0.3 is 15.4 Å². The first-order valence-electron chi connectivity index (χ1n) is 6.62. The largest absolute Gasteiger partial charge is 0.395 e. The summed E-state index contributed by atoms with van der Waals surface area (Å²) in [5, 5.41) is 9.31. The van der Waals surface area contributed by atoms with Crippen molar-refractivity contribution in [1.29, 1.82) is 0 Å². The molecule has 1 aromatic rings. The van der Waals surface area contributed by atoms with Gasteiger partial charge in [0.2, 0.25) is 0 Å². The molecule has 1 aromatic heterocycles. The molecule has 1 aliphatic rings. The van der Waals surface area contributed by atoms with Crippen LogP contribution in [0.3, 0.4) is 0 Å². The summed E-state index contributed by atoms with van der Waals surface area (Å²) in [4.78, 5) is 10.6. The molecule has 1 heterocycles. The highest BCUT2D eigenvalue weighted by atomic mass is 79.9. The van der Waals surface area contributed by atoms with Crippen molar-refractivity contribution < 1.29 is 5.11 Å². The van der Waals surface area contributed by atoms with Crippen LogP contribution in [0, 0.1) is 0 Å². The Morgan fingerprint density at radius 1 is 1.37 bits per heavy atom. The van der Waals surface area contributed by atoms with Gasteiger partial charge in [0.05, 0.1) is 6.61 Å². The zero-order valence-corrected chi connectivity index (χ0v) is 12.4. The Labute approximate surface area is 121 Å². The van der Waals surface area contributed by atoms with E-state index in [0.717, 1.165) is 23.1 Å². The molecule has 1 saturated carbocycles. The summed E-state index contributed by atoms with van der Waals surface area (Å²) in [6, 6.07) is 0.428. The highest BCUT2D eigenvalue weighted by Gasteiger charge is 2.24. The summed E-state index contributed by atoms with van der Waals surface area (Å²) in [7, 11) is 0. The summed E-state index contributed by atoms with van der Waals surface area (Å²) in [6.07, 6.45) is 7.53. The SMILES string of the molecule is NNc1ncnc(N(CCO)C2CCCCC2)c1Br. The third kappa shape index (κ3) is 3.34. The maximum atomic E-state index is 9.31. The van der Waals surface area contributed by atoms with Gasteiger partial charge in [0, 0.05) is 12.6 Å². The predicted octanol–water partition coefficient (Wildman–Crippen LogP) is 1.66. The molecule has 0 bridgehead atoms. The second-order valence-electron chi connectivity index (χ2n) is 4.71. The van der Waals surface area contributed by atoms with Crippen LogP contribution in [0.25, 0.3) is 0 Å². The smallest absolute Gasteiger partial charge is 0.159 e. The molecule has 0 atom stereocenters. The number of halogens is 1.